The minimum atomic E-state index is -1.32. The van der Waals surface area contributed by atoms with E-state index in [0.717, 1.165) is 12.1 Å². The van der Waals surface area contributed by atoms with Gasteiger partial charge in [-0.15, -0.1) is 0 Å². The summed E-state index contributed by atoms with van der Waals surface area (Å²) in [5, 5.41) is 21.0. The molecule has 0 saturated carbocycles. The summed E-state index contributed by atoms with van der Waals surface area (Å²) in [6.07, 6.45) is -0.468. The van der Waals surface area contributed by atoms with Crippen molar-refractivity contribution in [3.8, 4) is 0 Å². The third-order valence-electron chi connectivity index (χ3n) is 4.94. The van der Waals surface area contributed by atoms with E-state index in [1.165, 1.54) is 30.1 Å². The molecule has 1 heterocycles. The van der Waals surface area contributed by atoms with Crippen LogP contribution in [0.5, 0.6) is 0 Å². The number of rotatable bonds is 5. The molecular formula is C19H18ClF2N3O4. The van der Waals surface area contributed by atoms with E-state index in [-0.39, 0.29) is 34.8 Å². The van der Waals surface area contributed by atoms with E-state index in [1.54, 1.807) is 4.90 Å². The van der Waals surface area contributed by atoms with Crippen LogP contribution in [0.4, 0.5) is 31.5 Å². The first-order chi connectivity index (χ1) is 13.7. The van der Waals surface area contributed by atoms with E-state index in [4.69, 9.17) is 11.6 Å². The number of piperidine rings is 1. The molecule has 2 aromatic carbocycles. The normalized spacial score (nSPS) is 14.7. The number of carboxylic acids is 1. The lowest BCUT2D eigenvalue weighted by molar-refractivity contribution is -0.384. The number of anilines is 3. The predicted octanol–water partition coefficient (Wildman–Crippen LogP) is 4.79. The Hall–Kier alpha value is -2.94. The van der Waals surface area contributed by atoms with Gasteiger partial charge in [0.05, 0.1) is 21.2 Å². The van der Waals surface area contributed by atoms with Gasteiger partial charge in [0.2, 0.25) is 0 Å². The number of carbonyl (C=O) groups is 1. The van der Waals surface area contributed by atoms with Crippen LogP contribution in [0.15, 0.2) is 30.3 Å². The lowest BCUT2D eigenvalue weighted by Crippen LogP contribution is -2.35. The second kappa shape index (κ2) is 8.20. The highest BCUT2D eigenvalue weighted by Crippen LogP contribution is 2.39. The lowest BCUT2D eigenvalue weighted by Gasteiger charge is -2.32. The fraction of sp³-hybridized carbons (Fsp3) is 0.316. The number of nitrogens with zero attached hydrogens (tertiary/aromatic N) is 3. The average Bonchev–Trinajstić information content (AvgIpc) is 2.69. The number of benzene rings is 2. The highest BCUT2D eigenvalue weighted by molar-refractivity contribution is 6.31. The average molecular weight is 426 g/mol. The van der Waals surface area contributed by atoms with Crippen molar-refractivity contribution in [1.29, 1.82) is 0 Å². The SMILES string of the molecule is CN(c1ccc(F)c(Cl)c1)c1cc(N2CCC(F)CC2)c(C(=O)O)cc1[N+](=O)[O-]. The van der Waals surface area contributed by atoms with Gasteiger partial charge in [-0.2, -0.15) is 0 Å². The number of aromatic carboxylic acids is 1. The minimum absolute atomic E-state index is 0.111. The topological polar surface area (TPSA) is 86.9 Å². The largest absolute Gasteiger partial charge is 0.478 e. The summed E-state index contributed by atoms with van der Waals surface area (Å²) >= 11 is 5.82. The van der Waals surface area contributed by atoms with Crippen molar-refractivity contribution in [3.05, 3.63) is 56.8 Å². The maximum Gasteiger partial charge on any atom is 0.338 e. The van der Waals surface area contributed by atoms with Crippen LogP contribution in [0.25, 0.3) is 0 Å². The Bertz CT molecular complexity index is 965. The van der Waals surface area contributed by atoms with Crippen LogP contribution in [0.2, 0.25) is 5.02 Å². The summed E-state index contributed by atoms with van der Waals surface area (Å²) in [5.41, 5.74) is 0.110. The first-order valence-electron chi connectivity index (χ1n) is 8.82. The number of nitro benzene ring substituents is 1. The van der Waals surface area contributed by atoms with Gasteiger partial charge in [-0.05, 0) is 37.1 Å². The Morgan fingerprint density at radius 1 is 1.31 bits per heavy atom. The molecular weight excluding hydrogens is 408 g/mol. The van der Waals surface area contributed by atoms with Crippen molar-refractivity contribution in [3.63, 3.8) is 0 Å². The molecule has 1 aliphatic heterocycles. The zero-order valence-corrected chi connectivity index (χ0v) is 16.2. The van der Waals surface area contributed by atoms with E-state index in [2.05, 4.69) is 0 Å². The zero-order valence-electron chi connectivity index (χ0n) is 15.4. The fourth-order valence-corrected chi connectivity index (χ4v) is 3.51. The quantitative estimate of drug-likeness (QED) is 0.547. The molecule has 154 valence electrons. The number of nitro groups is 1. The fourth-order valence-electron chi connectivity index (χ4n) is 3.34. The molecule has 0 radical (unpaired) electrons. The van der Waals surface area contributed by atoms with Crippen molar-refractivity contribution in [1.82, 2.24) is 0 Å². The molecule has 3 rings (SSSR count). The molecule has 0 aromatic heterocycles. The molecule has 0 aliphatic carbocycles. The molecule has 2 aromatic rings. The Balaban J connectivity index is 2.13. The van der Waals surface area contributed by atoms with Crippen LogP contribution in [-0.2, 0) is 0 Å². The third kappa shape index (κ3) is 4.24. The van der Waals surface area contributed by atoms with E-state index >= 15 is 0 Å². The van der Waals surface area contributed by atoms with Gasteiger partial charge in [-0.3, -0.25) is 10.1 Å². The van der Waals surface area contributed by atoms with Crippen molar-refractivity contribution in [2.45, 2.75) is 19.0 Å². The molecule has 0 unspecified atom stereocenters. The number of hydrogen-bond acceptors (Lipinski definition) is 5. The van der Waals surface area contributed by atoms with Crippen molar-refractivity contribution in [2.75, 3.05) is 29.9 Å². The summed E-state index contributed by atoms with van der Waals surface area (Å²) in [6, 6.07) is 6.26. The smallest absolute Gasteiger partial charge is 0.338 e. The van der Waals surface area contributed by atoms with Gasteiger partial charge in [-0.1, -0.05) is 11.6 Å². The molecule has 10 heteroatoms. The summed E-state index contributed by atoms with van der Waals surface area (Å²) in [7, 11) is 1.53. The molecule has 0 spiro atoms. The standard InChI is InChI=1S/C19H18ClF2N3O4/c1-23(12-2-3-15(22)14(20)8-12)17-10-16(24-6-4-11(21)5-7-24)13(19(26)27)9-18(17)25(28)29/h2-3,8-11H,4-7H2,1H3,(H,26,27). The van der Waals surface area contributed by atoms with Gasteiger partial charge in [0.15, 0.2) is 0 Å². The van der Waals surface area contributed by atoms with Crippen molar-refractivity contribution >= 4 is 40.3 Å². The Kier molecular flexibility index (Phi) is 5.88. The maximum atomic E-state index is 13.5. The molecule has 29 heavy (non-hydrogen) atoms. The van der Waals surface area contributed by atoms with Gasteiger partial charge in [0, 0.05) is 31.9 Å². The first kappa shape index (κ1) is 20.8. The number of carboxylic acid groups (broad SMARTS) is 1. The van der Waals surface area contributed by atoms with Gasteiger partial charge in [0.25, 0.3) is 5.69 Å². The van der Waals surface area contributed by atoms with E-state index in [9.17, 15) is 28.8 Å². The molecule has 1 N–H and O–H groups in total. The summed E-state index contributed by atoms with van der Waals surface area (Å²) in [6.45, 7) is 0.593. The van der Waals surface area contributed by atoms with Crippen molar-refractivity contribution in [2.24, 2.45) is 0 Å². The molecule has 1 aliphatic rings. The Morgan fingerprint density at radius 2 is 1.97 bits per heavy atom. The second-order valence-electron chi connectivity index (χ2n) is 6.74. The zero-order chi connectivity index (χ0) is 21.3. The molecule has 0 bridgehead atoms. The van der Waals surface area contributed by atoms with E-state index < -0.39 is 28.6 Å². The monoisotopic (exact) mass is 425 g/mol. The van der Waals surface area contributed by atoms with Crippen LogP contribution in [0.3, 0.4) is 0 Å². The second-order valence-corrected chi connectivity index (χ2v) is 7.15. The van der Waals surface area contributed by atoms with Crippen LogP contribution in [-0.4, -0.2) is 42.3 Å². The van der Waals surface area contributed by atoms with Crippen LogP contribution in [0.1, 0.15) is 23.2 Å². The van der Waals surface area contributed by atoms with Crippen molar-refractivity contribution < 1.29 is 23.6 Å². The summed E-state index contributed by atoms with van der Waals surface area (Å²) in [4.78, 5) is 25.8. The molecule has 7 nitrogen and oxygen atoms in total. The van der Waals surface area contributed by atoms with Gasteiger partial charge < -0.3 is 14.9 Å². The Labute approximate surface area is 170 Å². The molecule has 0 atom stereocenters. The van der Waals surface area contributed by atoms with E-state index in [0.29, 0.717) is 18.8 Å². The summed E-state index contributed by atoms with van der Waals surface area (Å²) < 4.78 is 27.0. The number of alkyl halides is 1. The predicted molar refractivity (Wildman–Crippen MR) is 106 cm³/mol. The molecule has 1 fully saturated rings. The molecule has 1 saturated heterocycles. The maximum absolute atomic E-state index is 13.5. The van der Waals surface area contributed by atoms with Crippen LogP contribution < -0.4 is 9.80 Å². The highest BCUT2D eigenvalue weighted by atomic mass is 35.5. The third-order valence-corrected chi connectivity index (χ3v) is 5.23. The number of hydrogen-bond donors (Lipinski definition) is 1. The van der Waals surface area contributed by atoms with Crippen LogP contribution in [0, 0.1) is 15.9 Å². The highest BCUT2D eigenvalue weighted by Gasteiger charge is 2.29. The lowest BCUT2D eigenvalue weighted by atomic mass is 10.0. The first-order valence-corrected chi connectivity index (χ1v) is 9.20. The van der Waals surface area contributed by atoms with Crippen LogP contribution >= 0.6 is 11.6 Å². The minimum Gasteiger partial charge on any atom is -0.478 e. The molecule has 0 amide bonds. The van der Waals surface area contributed by atoms with Gasteiger partial charge >= 0.3 is 5.97 Å². The number of halogens is 3. The Morgan fingerprint density at radius 3 is 2.52 bits per heavy atom. The van der Waals surface area contributed by atoms with E-state index in [1.807, 2.05) is 0 Å². The van der Waals surface area contributed by atoms with Gasteiger partial charge in [0.1, 0.15) is 17.7 Å². The summed E-state index contributed by atoms with van der Waals surface area (Å²) in [5.74, 6) is -1.95. The van der Waals surface area contributed by atoms with Gasteiger partial charge in [-0.25, -0.2) is 13.6 Å².